The van der Waals surface area contributed by atoms with E-state index >= 15 is 0 Å². The minimum Gasteiger partial charge on any atom is -0.322 e. The van der Waals surface area contributed by atoms with Crippen LogP contribution >= 0.6 is 15.9 Å². The lowest BCUT2D eigenvalue weighted by Gasteiger charge is -2.13. The Morgan fingerprint density at radius 1 is 1.06 bits per heavy atom. The van der Waals surface area contributed by atoms with Gasteiger partial charge in [-0.25, -0.2) is 0 Å². The molecule has 17 heavy (non-hydrogen) atoms. The van der Waals surface area contributed by atoms with Gasteiger partial charge in [-0.05, 0) is 50.1 Å². The number of rotatable bonds is 3. The SMILES string of the molecule is Cc1cc(CNn2c(C)ccc2C)ccc1Br. The van der Waals surface area contributed by atoms with Gasteiger partial charge in [-0.3, -0.25) is 4.68 Å². The van der Waals surface area contributed by atoms with Crippen LogP contribution in [0.4, 0.5) is 0 Å². The quantitative estimate of drug-likeness (QED) is 0.907. The second-order valence-corrected chi connectivity index (χ2v) is 5.22. The Hall–Kier alpha value is -1.22. The predicted octanol–water partition coefficient (Wildman–Crippen LogP) is 3.92. The summed E-state index contributed by atoms with van der Waals surface area (Å²) in [6, 6.07) is 10.7. The van der Waals surface area contributed by atoms with E-state index in [0.717, 1.165) is 11.0 Å². The number of hydrogen-bond donors (Lipinski definition) is 1. The third kappa shape index (κ3) is 2.72. The zero-order valence-corrected chi connectivity index (χ0v) is 12.0. The molecule has 0 saturated heterocycles. The summed E-state index contributed by atoms with van der Waals surface area (Å²) in [7, 11) is 0. The monoisotopic (exact) mass is 292 g/mol. The van der Waals surface area contributed by atoms with Crippen LogP contribution in [0.3, 0.4) is 0 Å². The first-order chi connectivity index (χ1) is 8.08. The predicted molar refractivity (Wildman–Crippen MR) is 75.8 cm³/mol. The van der Waals surface area contributed by atoms with Gasteiger partial charge in [0.1, 0.15) is 0 Å². The van der Waals surface area contributed by atoms with E-state index in [2.05, 4.69) is 77.1 Å². The lowest BCUT2D eigenvalue weighted by molar-refractivity contribution is 0.792. The molecule has 0 unspecified atom stereocenters. The van der Waals surface area contributed by atoms with Crippen LogP contribution in [0, 0.1) is 20.8 Å². The van der Waals surface area contributed by atoms with Gasteiger partial charge in [0.2, 0.25) is 0 Å². The highest BCUT2D eigenvalue weighted by atomic mass is 79.9. The molecule has 1 aromatic heterocycles. The molecule has 0 fully saturated rings. The first-order valence-electron chi connectivity index (χ1n) is 5.72. The summed E-state index contributed by atoms with van der Waals surface area (Å²) >= 11 is 3.52. The summed E-state index contributed by atoms with van der Waals surface area (Å²) in [5.74, 6) is 0. The van der Waals surface area contributed by atoms with Crippen molar-refractivity contribution in [2.24, 2.45) is 0 Å². The maximum absolute atomic E-state index is 3.52. The molecule has 1 N–H and O–H groups in total. The third-order valence-corrected chi connectivity index (χ3v) is 3.82. The first-order valence-corrected chi connectivity index (χ1v) is 6.51. The van der Waals surface area contributed by atoms with Gasteiger partial charge >= 0.3 is 0 Å². The van der Waals surface area contributed by atoms with Gasteiger partial charge in [0.05, 0.1) is 6.54 Å². The zero-order valence-electron chi connectivity index (χ0n) is 10.4. The molecule has 2 rings (SSSR count). The molecular formula is C14H17BrN2. The maximum Gasteiger partial charge on any atom is 0.0564 e. The number of aryl methyl sites for hydroxylation is 3. The minimum absolute atomic E-state index is 0.838. The third-order valence-electron chi connectivity index (χ3n) is 2.93. The number of nitrogens with one attached hydrogen (secondary N) is 1. The van der Waals surface area contributed by atoms with Crippen molar-refractivity contribution in [2.75, 3.05) is 5.43 Å². The van der Waals surface area contributed by atoms with Crippen LogP contribution in [-0.4, -0.2) is 4.68 Å². The van der Waals surface area contributed by atoms with Crippen molar-refractivity contribution in [1.82, 2.24) is 4.68 Å². The maximum atomic E-state index is 3.52. The number of nitrogens with zero attached hydrogens (tertiary/aromatic N) is 1. The van der Waals surface area contributed by atoms with Gasteiger partial charge in [-0.15, -0.1) is 0 Å². The lowest BCUT2D eigenvalue weighted by Crippen LogP contribution is -2.16. The van der Waals surface area contributed by atoms with Gasteiger partial charge in [-0.1, -0.05) is 28.1 Å². The number of hydrogen-bond acceptors (Lipinski definition) is 1. The molecule has 1 aromatic carbocycles. The summed E-state index contributed by atoms with van der Waals surface area (Å²) in [5, 5.41) is 0. The van der Waals surface area contributed by atoms with E-state index in [-0.39, 0.29) is 0 Å². The molecule has 0 saturated carbocycles. The Balaban J connectivity index is 2.10. The van der Waals surface area contributed by atoms with E-state index in [1.54, 1.807) is 0 Å². The number of benzene rings is 1. The highest BCUT2D eigenvalue weighted by Crippen LogP contribution is 2.17. The number of aromatic nitrogens is 1. The van der Waals surface area contributed by atoms with Crippen LogP contribution in [0.5, 0.6) is 0 Å². The van der Waals surface area contributed by atoms with E-state index in [0.29, 0.717) is 0 Å². The average Bonchev–Trinajstić information content (AvgIpc) is 2.61. The van der Waals surface area contributed by atoms with Crippen LogP contribution in [0.15, 0.2) is 34.8 Å². The first kappa shape index (κ1) is 12.2. The van der Waals surface area contributed by atoms with Crippen molar-refractivity contribution in [3.63, 3.8) is 0 Å². The topological polar surface area (TPSA) is 17.0 Å². The summed E-state index contributed by atoms with van der Waals surface area (Å²) < 4.78 is 3.28. The van der Waals surface area contributed by atoms with Crippen molar-refractivity contribution in [3.8, 4) is 0 Å². The summed E-state index contributed by atoms with van der Waals surface area (Å²) in [6.07, 6.45) is 0. The summed E-state index contributed by atoms with van der Waals surface area (Å²) in [5.41, 5.74) is 8.45. The Kier molecular flexibility index (Phi) is 3.57. The highest BCUT2D eigenvalue weighted by Gasteiger charge is 2.01. The molecule has 0 atom stereocenters. The van der Waals surface area contributed by atoms with E-state index < -0.39 is 0 Å². The van der Waals surface area contributed by atoms with Gasteiger partial charge in [0.25, 0.3) is 0 Å². The lowest BCUT2D eigenvalue weighted by atomic mass is 10.1. The van der Waals surface area contributed by atoms with Gasteiger partial charge < -0.3 is 5.43 Å². The standard InChI is InChI=1S/C14H17BrN2/c1-10-8-13(6-7-14(10)15)9-16-17-11(2)4-5-12(17)3/h4-8,16H,9H2,1-3H3. The summed E-state index contributed by atoms with van der Waals surface area (Å²) in [6.45, 7) is 7.16. The van der Waals surface area contributed by atoms with Crippen molar-refractivity contribution in [3.05, 3.63) is 57.3 Å². The van der Waals surface area contributed by atoms with Crippen LogP contribution in [0.25, 0.3) is 0 Å². The smallest absolute Gasteiger partial charge is 0.0564 e. The van der Waals surface area contributed by atoms with E-state index in [9.17, 15) is 0 Å². The number of halogens is 1. The normalized spacial score (nSPS) is 10.6. The Labute approximate surface area is 111 Å². The average molecular weight is 293 g/mol. The van der Waals surface area contributed by atoms with Crippen molar-refractivity contribution >= 4 is 15.9 Å². The van der Waals surface area contributed by atoms with Crippen molar-refractivity contribution in [2.45, 2.75) is 27.3 Å². The molecule has 0 spiro atoms. The van der Waals surface area contributed by atoms with Gasteiger partial charge in [0.15, 0.2) is 0 Å². The fourth-order valence-corrected chi connectivity index (χ4v) is 2.15. The molecular weight excluding hydrogens is 276 g/mol. The molecule has 0 bridgehead atoms. The molecule has 1 heterocycles. The second kappa shape index (κ2) is 4.96. The molecule has 2 aromatic rings. The van der Waals surface area contributed by atoms with Crippen LogP contribution < -0.4 is 5.43 Å². The van der Waals surface area contributed by atoms with Crippen LogP contribution in [0.2, 0.25) is 0 Å². The van der Waals surface area contributed by atoms with Crippen molar-refractivity contribution < 1.29 is 0 Å². The summed E-state index contributed by atoms with van der Waals surface area (Å²) in [4.78, 5) is 0. The van der Waals surface area contributed by atoms with Gasteiger partial charge in [0, 0.05) is 15.9 Å². The Morgan fingerprint density at radius 3 is 2.29 bits per heavy atom. The molecule has 0 radical (unpaired) electrons. The second-order valence-electron chi connectivity index (χ2n) is 4.37. The largest absolute Gasteiger partial charge is 0.322 e. The van der Waals surface area contributed by atoms with Gasteiger partial charge in [-0.2, -0.15) is 0 Å². The molecule has 0 amide bonds. The highest BCUT2D eigenvalue weighted by molar-refractivity contribution is 9.10. The zero-order chi connectivity index (χ0) is 12.4. The van der Waals surface area contributed by atoms with Crippen molar-refractivity contribution in [1.29, 1.82) is 0 Å². The van der Waals surface area contributed by atoms with E-state index in [4.69, 9.17) is 0 Å². The van der Waals surface area contributed by atoms with Crippen LogP contribution in [0.1, 0.15) is 22.5 Å². The Bertz CT molecular complexity index is 510. The van der Waals surface area contributed by atoms with E-state index in [1.807, 2.05) is 0 Å². The molecule has 2 nitrogen and oxygen atoms in total. The fraction of sp³-hybridized carbons (Fsp3) is 0.286. The Morgan fingerprint density at radius 2 is 1.71 bits per heavy atom. The molecule has 0 aliphatic rings. The minimum atomic E-state index is 0.838. The fourth-order valence-electron chi connectivity index (χ4n) is 1.90. The molecule has 90 valence electrons. The van der Waals surface area contributed by atoms with E-state index in [1.165, 1.54) is 22.5 Å². The molecule has 0 aliphatic carbocycles. The molecule has 0 aliphatic heterocycles. The van der Waals surface area contributed by atoms with Crippen LogP contribution in [-0.2, 0) is 6.54 Å². The molecule has 3 heteroatoms.